The fourth-order valence-electron chi connectivity index (χ4n) is 1.98. The number of hydrogen-bond donors (Lipinski definition) is 1. The molecule has 0 unspecified atom stereocenters. The smallest absolute Gasteiger partial charge is 0.341 e. The van der Waals surface area contributed by atoms with E-state index in [0.717, 1.165) is 12.1 Å². The minimum Gasteiger partial charge on any atom is -0.494 e. The quantitative estimate of drug-likeness (QED) is 0.755. The van der Waals surface area contributed by atoms with Crippen LogP contribution in [0.4, 0.5) is 14.5 Å². The van der Waals surface area contributed by atoms with Gasteiger partial charge in [0.1, 0.15) is 11.5 Å². The molecule has 2 rings (SSSR count). The zero-order valence-electron chi connectivity index (χ0n) is 13.8. The van der Waals surface area contributed by atoms with Crippen molar-refractivity contribution in [3.8, 4) is 11.5 Å². The van der Waals surface area contributed by atoms with Gasteiger partial charge in [-0.3, -0.25) is 4.79 Å². The van der Waals surface area contributed by atoms with Crippen molar-refractivity contribution < 1.29 is 31.5 Å². The molecule has 0 radical (unpaired) electrons. The number of amides is 1. The lowest BCUT2D eigenvalue weighted by Crippen LogP contribution is -2.20. The van der Waals surface area contributed by atoms with Crippen LogP contribution in [0.3, 0.4) is 0 Å². The summed E-state index contributed by atoms with van der Waals surface area (Å²) in [7, 11) is -4.66. The van der Waals surface area contributed by atoms with E-state index in [1.54, 1.807) is 24.3 Å². The highest BCUT2D eigenvalue weighted by Crippen LogP contribution is 2.20. The van der Waals surface area contributed by atoms with Gasteiger partial charge >= 0.3 is 5.76 Å². The van der Waals surface area contributed by atoms with Crippen LogP contribution in [0.25, 0.3) is 0 Å². The van der Waals surface area contributed by atoms with E-state index in [-0.39, 0.29) is 12.3 Å². The molecule has 0 aliphatic rings. The number of ether oxygens (including phenoxy) is 2. The molecule has 0 aliphatic heterocycles. The summed E-state index contributed by atoms with van der Waals surface area (Å²) in [5, 5.41) is 2.48. The molecule has 0 aliphatic carbocycles. The highest BCUT2D eigenvalue weighted by atomic mass is 32.2. The first kappa shape index (κ1) is 19.6. The fraction of sp³-hybridized carbons (Fsp3) is 0.235. The van der Waals surface area contributed by atoms with Gasteiger partial charge in [0.05, 0.1) is 11.5 Å². The third kappa shape index (κ3) is 5.16. The molecule has 0 fully saturated rings. The molecular weight excluding hydrogens is 368 g/mol. The number of alkyl halides is 2. The Balaban J connectivity index is 1.89. The fourth-order valence-corrected chi connectivity index (χ4v) is 2.70. The molecule has 0 heterocycles. The molecule has 9 heteroatoms. The van der Waals surface area contributed by atoms with Crippen LogP contribution in [-0.4, -0.2) is 33.3 Å². The largest absolute Gasteiger partial charge is 0.494 e. The van der Waals surface area contributed by atoms with E-state index in [2.05, 4.69) is 5.32 Å². The lowest BCUT2D eigenvalue weighted by Gasteiger charge is -2.09. The van der Waals surface area contributed by atoms with Crippen LogP contribution < -0.4 is 14.8 Å². The summed E-state index contributed by atoms with van der Waals surface area (Å²) in [5.74, 6) is -2.82. The van der Waals surface area contributed by atoms with Gasteiger partial charge in [-0.05, 0) is 55.5 Å². The molecule has 0 saturated carbocycles. The highest BCUT2D eigenvalue weighted by molar-refractivity contribution is 7.91. The van der Waals surface area contributed by atoms with Crippen LogP contribution in [0.5, 0.6) is 11.5 Å². The predicted molar refractivity (Wildman–Crippen MR) is 91.4 cm³/mol. The molecule has 0 atom stereocenters. The molecule has 0 spiro atoms. The summed E-state index contributed by atoms with van der Waals surface area (Å²) in [5.41, 5.74) is 0.263. The molecule has 0 aromatic heterocycles. The standard InChI is InChI=1S/C17H17F2NO5S/c1-2-24-13-5-7-14(8-6-13)25-11-16(21)20-12-3-9-15(10-4-12)26(22,23)17(18)19/h3-10,17H,2,11H2,1H3,(H,20,21). The molecule has 2 aromatic carbocycles. The Morgan fingerprint density at radius 2 is 1.54 bits per heavy atom. The van der Waals surface area contributed by atoms with E-state index < -0.39 is 26.4 Å². The Hall–Kier alpha value is -2.68. The van der Waals surface area contributed by atoms with Gasteiger partial charge in [-0.1, -0.05) is 0 Å². The van der Waals surface area contributed by atoms with Crippen molar-refractivity contribution in [2.24, 2.45) is 0 Å². The zero-order valence-corrected chi connectivity index (χ0v) is 14.6. The minimum absolute atomic E-state index is 0.263. The third-order valence-corrected chi connectivity index (χ3v) is 4.60. The molecule has 1 amide bonds. The van der Waals surface area contributed by atoms with Crippen molar-refractivity contribution in [2.45, 2.75) is 17.6 Å². The van der Waals surface area contributed by atoms with Crippen LogP contribution in [-0.2, 0) is 14.6 Å². The average Bonchev–Trinajstić information content (AvgIpc) is 2.62. The van der Waals surface area contributed by atoms with Crippen LogP contribution >= 0.6 is 0 Å². The topological polar surface area (TPSA) is 81.7 Å². The van der Waals surface area contributed by atoms with Crippen molar-refractivity contribution in [2.75, 3.05) is 18.5 Å². The van der Waals surface area contributed by atoms with Crippen molar-refractivity contribution in [3.05, 3.63) is 48.5 Å². The van der Waals surface area contributed by atoms with Crippen molar-refractivity contribution in [3.63, 3.8) is 0 Å². The summed E-state index contributed by atoms with van der Waals surface area (Å²) < 4.78 is 58.2. The summed E-state index contributed by atoms with van der Waals surface area (Å²) >= 11 is 0. The normalized spacial score (nSPS) is 11.2. The van der Waals surface area contributed by atoms with E-state index in [0.29, 0.717) is 18.1 Å². The van der Waals surface area contributed by atoms with Gasteiger partial charge < -0.3 is 14.8 Å². The number of hydrogen-bond acceptors (Lipinski definition) is 5. The van der Waals surface area contributed by atoms with E-state index in [4.69, 9.17) is 9.47 Å². The van der Waals surface area contributed by atoms with Crippen LogP contribution in [0.1, 0.15) is 6.92 Å². The first-order valence-electron chi connectivity index (χ1n) is 7.60. The number of rotatable bonds is 8. The number of sulfone groups is 1. The maximum Gasteiger partial charge on any atom is 0.341 e. The first-order chi connectivity index (χ1) is 12.3. The number of halogens is 2. The molecule has 1 N–H and O–H groups in total. The summed E-state index contributed by atoms with van der Waals surface area (Å²) in [6, 6.07) is 11.2. The van der Waals surface area contributed by atoms with Crippen LogP contribution in [0, 0.1) is 0 Å². The Morgan fingerprint density at radius 1 is 1.00 bits per heavy atom. The Bertz CT molecular complexity index is 836. The Morgan fingerprint density at radius 3 is 2.04 bits per heavy atom. The summed E-state index contributed by atoms with van der Waals surface area (Å²) in [4.78, 5) is 11.3. The molecule has 0 saturated heterocycles. The first-order valence-corrected chi connectivity index (χ1v) is 9.15. The predicted octanol–water partition coefficient (Wildman–Crippen LogP) is 3.10. The Labute approximate surface area is 149 Å². The second-order valence-electron chi connectivity index (χ2n) is 5.07. The number of nitrogens with one attached hydrogen (secondary N) is 1. The third-order valence-electron chi connectivity index (χ3n) is 3.21. The lowest BCUT2D eigenvalue weighted by molar-refractivity contribution is -0.118. The van der Waals surface area contributed by atoms with Gasteiger partial charge in [0.25, 0.3) is 5.91 Å². The second-order valence-corrected chi connectivity index (χ2v) is 6.99. The van der Waals surface area contributed by atoms with Crippen molar-refractivity contribution >= 4 is 21.4 Å². The second kappa shape index (κ2) is 8.61. The maximum atomic E-state index is 12.5. The number of carbonyl (C=O) groups excluding carboxylic acids is 1. The number of benzene rings is 2. The van der Waals surface area contributed by atoms with Crippen LogP contribution in [0.15, 0.2) is 53.4 Å². The van der Waals surface area contributed by atoms with E-state index in [9.17, 15) is 22.0 Å². The lowest BCUT2D eigenvalue weighted by atomic mass is 10.3. The molecule has 0 bridgehead atoms. The van der Waals surface area contributed by atoms with Gasteiger partial charge in [0, 0.05) is 5.69 Å². The van der Waals surface area contributed by atoms with Gasteiger partial charge in [-0.25, -0.2) is 8.42 Å². The van der Waals surface area contributed by atoms with Gasteiger partial charge in [-0.2, -0.15) is 8.78 Å². The van der Waals surface area contributed by atoms with Gasteiger partial charge in [-0.15, -0.1) is 0 Å². The molecular formula is C17H17F2NO5S. The van der Waals surface area contributed by atoms with Gasteiger partial charge in [0.15, 0.2) is 6.61 Å². The minimum atomic E-state index is -4.66. The summed E-state index contributed by atoms with van der Waals surface area (Å²) in [6.07, 6.45) is 0. The molecule has 26 heavy (non-hydrogen) atoms. The average molecular weight is 385 g/mol. The highest BCUT2D eigenvalue weighted by Gasteiger charge is 2.26. The zero-order chi connectivity index (χ0) is 19.2. The molecule has 6 nitrogen and oxygen atoms in total. The van der Waals surface area contributed by atoms with Crippen molar-refractivity contribution in [1.29, 1.82) is 0 Å². The van der Waals surface area contributed by atoms with Crippen molar-refractivity contribution in [1.82, 2.24) is 0 Å². The van der Waals surface area contributed by atoms with Crippen LogP contribution in [0.2, 0.25) is 0 Å². The van der Waals surface area contributed by atoms with E-state index in [1.807, 2.05) is 6.92 Å². The molecule has 140 valence electrons. The Kier molecular flexibility index (Phi) is 6.51. The maximum absolute atomic E-state index is 12.5. The SMILES string of the molecule is CCOc1ccc(OCC(=O)Nc2ccc(S(=O)(=O)C(F)F)cc2)cc1. The molecule has 2 aromatic rings. The van der Waals surface area contributed by atoms with E-state index in [1.165, 1.54) is 12.1 Å². The number of carbonyl (C=O) groups is 1. The van der Waals surface area contributed by atoms with Gasteiger partial charge in [0.2, 0.25) is 9.84 Å². The summed E-state index contributed by atoms with van der Waals surface area (Å²) in [6.45, 7) is 2.13. The van der Waals surface area contributed by atoms with E-state index >= 15 is 0 Å². The number of anilines is 1. The monoisotopic (exact) mass is 385 g/mol.